The maximum absolute atomic E-state index is 12.7. The number of rotatable bonds is 2. The van der Waals surface area contributed by atoms with Gasteiger partial charge in [-0.3, -0.25) is 4.79 Å². The molecule has 1 fully saturated rings. The maximum atomic E-state index is 12.7. The number of amides is 1. The van der Waals surface area contributed by atoms with Crippen LogP contribution >= 0.6 is 0 Å². The highest BCUT2D eigenvalue weighted by molar-refractivity contribution is 5.83. The van der Waals surface area contributed by atoms with Crippen molar-refractivity contribution in [2.45, 2.75) is 38.3 Å². The Hall–Kier alpha value is -1.55. The van der Waals surface area contributed by atoms with Gasteiger partial charge in [0, 0.05) is 13.0 Å². The number of benzene rings is 1. The normalized spacial score (nSPS) is 28.9. The Bertz CT molecular complexity index is 477. The number of carbonyl (C=O) groups is 1. The number of nitrogens with zero attached hydrogens (tertiary/aromatic N) is 1. The molecular formula is C16H21NO3. The Labute approximate surface area is 119 Å². The van der Waals surface area contributed by atoms with Gasteiger partial charge in [-0.05, 0) is 30.4 Å². The zero-order valence-corrected chi connectivity index (χ0v) is 11.8. The molecule has 2 aliphatic rings. The van der Waals surface area contributed by atoms with Gasteiger partial charge in [0.15, 0.2) is 6.10 Å². The lowest BCUT2D eigenvalue weighted by atomic mass is 9.90. The molecule has 0 radical (unpaired) electrons. The Morgan fingerprint density at radius 2 is 2.25 bits per heavy atom. The molecule has 2 heterocycles. The van der Waals surface area contributed by atoms with Crippen molar-refractivity contribution in [2.75, 3.05) is 13.2 Å². The van der Waals surface area contributed by atoms with Crippen molar-refractivity contribution in [1.29, 1.82) is 0 Å². The molecule has 108 valence electrons. The molecule has 0 spiro atoms. The van der Waals surface area contributed by atoms with E-state index in [1.165, 1.54) is 0 Å². The van der Waals surface area contributed by atoms with E-state index < -0.39 is 6.10 Å². The molecule has 1 aromatic carbocycles. The second-order valence-electron chi connectivity index (χ2n) is 5.82. The van der Waals surface area contributed by atoms with Crippen molar-refractivity contribution >= 4 is 5.91 Å². The summed E-state index contributed by atoms with van der Waals surface area (Å²) in [6, 6.07) is 7.74. The monoisotopic (exact) mass is 275 g/mol. The van der Waals surface area contributed by atoms with Gasteiger partial charge in [0.2, 0.25) is 0 Å². The predicted molar refractivity (Wildman–Crippen MR) is 75.5 cm³/mol. The lowest BCUT2D eigenvalue weighted by Crippen LogP contribution is -2.53. The summed E-state index contributed by atoms with van der Waals surface area (Å²) in [5.74, 6) is 1.18. The van der Waals surface area contributed by atoms with E-state index in [4.69, 9.17) is 4.74 Å². The number of aliphatic hydroxyl groups excluding tert-OH is 1. The molecule has 1 saturated heterocycles. The van der Waals surface area contributed by atoms with E-state index in [1.54, 1.807) is 0 Å². The lowest BCUT2D eigenvalue weighted by molar-refractivity contribution is -0.144. The van der Waals surface area contributed by atoms with Gasteiger partial charge in [0.1, 0.15) is 5.75 Å². The van der Waals surface area contributed by atoms with Crippen LogP contribution in [-0.2, 0) is 11.2 Å². The molecule has 4 heteroatoms. The number of fused-ring (bicyclic) bond motifs is 1. The summed E-state index contributed by atoms with van der Waals surface area (Å²) in [6.07, 6.45) is 2.29. The van der Waals surface area contributed by atoms with Gasteiger partial charge in [-0.15, -0.1) is 0 Å². The third-order valence-corrected chi connectivity index (χ3v) is 4.51. The van der Waals surface area contributed by atoms with Gasteiger partial charge >= 0.3 is 0 Å². The molecule has 4 nitrogen and oxygen atoms in total. The van der Waals surface area contributed by atoms with Crippen LogP contribution in [0.5, 0.6) is 5.75 Å². The molecule has 3 atom stereocenters. The molecule has 1 amide bonds. The smallest absolute Gasteiger partial charge is 0.264 e. The first kappa shape index (κ1) is 13.4. The largest absolute Gasteiger partial charge is 0.480 e. The molecule has 3 rings (SSSR count). The SMILES string of the molecule is CC1CCCN(C(=O)C2Cc3ccccc3O2)C1CO. The number of hydrogen-bond donors (Lipinski definition) is 1. The van der Waals surface area contributed by atoms with Crippen molar-refractivity contribution in [1.82, 2.24) is 4.90 Å². The van der Waals surface area contributed by atoms with Gasteiger partial charge in [-0.1, -0.05) is 25.1 Å². The highest BCUT2D eigenvalue weighted by atomic mass is 16.5. The molecule has 1 aromatic rings. The highest BCUT2D eigenvalue weighted by Gasteiger charge is 2.38. The molecule has 3 unspecified atom stereocenters. The van der Waals surface area contributed by atoms with Gasteiger partial charge in [-0.2, -0.15) is 0 Å². The van der Waals surface area contributed by atoms with E-state index in [-0.39, 0.29) is 18.6 Å². The number of aliphatic hydroxyl groups is 1. The first-order valence-electron chi connectivity index (χ1n) is 7.36. The van der Waals surface area contributed by atoms with Crippen molar-refractivity contribution in [3.05, 3.63) is 29.8 Å². The molecule has 0 aromatic heterocycles. The summed E-state index contributed by atoms with van der Waals surface area (Å²) in [5, 5.41) is 9.56. The Morgan fingerprint density at radius 1 is 1.45 bits per heavy atom. The highest BCUT2D eigenvalue weighted by Crippen LogP contribution is 2.31. The average Bonchev–Trinajstić information content (AvgIpc) is 2.90. The Kier molecular flexibility index (Phi) is 3.66. The van der Waals surface area contributed by atoms with Gasteiger partial charge in [0.25, 0.3) is 5.91 Å². The molecule has 1 N–H and O–H groups in total. The number of hydrogen-bond acceptors (Lipinski definition) is 3. The van der Waals surface area contributed by atoms with Crippen LogP contribution < -0.4 is 4.74 Å². The van der Waals surface area contributed by atoms with Crippen LogP contribution in [0.25, 0.3) is 0 Å². The zero-order chi connectivity index (χ0) is 14.1. The van der Waals surface area contributed by atoms with Crippen LogP contribution in [-0.4, -0.2) is 41.2 Å². The van der Waals surface area contributed by atoms with Crippen LogP contribution in [0.1, 0.15) is 25.3 Å². The Balaban J connectivity index is 1.74. The minimum Gasteiger partial charge on any atom is -0.480 e. The van der Waals surface area contributed by atoms with Crippen LogP contribution in [0.2, 0.25) is 0 Å². The average molecular weight is 275 g/mol. The minimum absolute atomic E-state index is 0.0202. The fourth-order valence-electron chi connectivity index (χ4n) is 3.31. The lowest BCUT2D eigenvalue weighted by Gasteiger charge is -2.40. The Morgan fingerprint density at radius 3 is 3.00 bits per heavy atom. The summed E-state index contributed by atoms with van der Waals surface area (Å²) in [7, 11) is 0. The van der Waals surface area contributed by atoms with Gasteiger partial charge < -0.3 is 14.7 Å². The first-order chi connectivity index (χ1) is 9.70. The van der Waals surface area contributed by atoms with Crippen molar-refractivity contribution in [3.8, 4) is 5.75 Å². The number of ether oxygens (including phenoxy) is 1. The summed E-state index contributed by atoms with van der Waals surface area (Å²) in [6.45, 7) is 2.86. The van der Waals surface area contributed by atoms with E-state index in [0.717, 1.165) is 30.7 Å². The van der Waals surface area contributed by atoms with Gasteiger partial charge in [0.05, 0.1) is 12.6 Å². The summed E-state index contributed by atoms with van der Waals surface area (Å²) in [4.78, 5) is 14.5. The molecule has 0 aliphatic carbocycles. The van der Waals surface area contributed by atoms with Crippen molar-refractivity contribution in [3.63, 3.8) is 0 Å². The third kappa shape index (κ3) is 2.29. The maximum Gasteiger partial charge on any atom is 0.264 e. The molecular weight excluding hydrogens is 254 g/mol. The predicted octanol–water partition coefficient (Wildman–Crippen LogP) is 1.61. The van der Waals surface area contributed by atoms with Crippen LogP contribution in [0.3, 0.4) is 0 Å². The number of carbonyl (C=O) groups excluding carboxylic acids is 1. The topological polar surface area (TPSA) is 49.8 Å². The second-order valence-corrected chi connectivity index (χ2v) is 5.82. The zero-order valence-electron chi connectivity index (χ0n) is 11.8. The minimum atomic E-state index is -0.424. The van der Waals surface area contributed by atoms with Crippen molar-refractivity contribution in [2.24, 2.45) is 5.92 Å². The number of piperidine rings is 1. The molecule has 20 heavy (non-hydrogen) atoms. The molecule has 0 saturated carbocycles. The number of para-hydroxylation sites is 1. The van der Waals surface area contributed by atoms with Crippen molar-refractivity contribution < 1.29 is 14.6 Å². The van der Waals surface area contributed by atoms with E-state index in [9.17, 15) is 9.90 Å². The summed E-state index contributed by atoms with van der Waals surface area (Å²) >= 11 is 0. The third-order valence-electron chi connectivity index (χ3n) is 4.51. The van der Waals surface area contributed by atoms with E-state index in [1.807, 2.05) is 29.2 Å². The van der Waals surface area contributed by atoms with Crippen LogP contribution in [0.4, 0.5) is 0 Å². The number of likely N-dealkylation sites (tertiary alicyclic amines) is 1. The standard InChI is InChI=1S/C16H21NO3/c1-11-5-4-8-17(13(11)10-18)16(19)15-9-12-6-2-3-7-14(12)20-15/h2-3,6-7,11,13,15,18H,4-5,8-10H2,1H3. The van der Waals surface area contributed by atoms with E-state index in [0.29, 0.717) is 12.3 Å². The summed E-state index contributed by atoms with van der Waals surface area (Å²) in [5.41, 5.74) is 1.09. The fourth-order valence-corrected chi connectivity index (χ4v) is 3.31. The van der Waals surface area contributed by atoms with E-state index in [2.05, 4.69) is 6.92 Å². The second kappa shape index (κ2) is 5.44. The fraction of sp³-hybridized carbons (Fsp3) is 0.562. The van der Waals surface area contributed by atoms with Gasteiger partial charge in [-0.25, -0.2) is 0 Å². The molecule has 2 aliphatic heterocycles. The molecule has 0 bridgehead atoms. The van der Waals surface area contributed by atoms with Crippen LogP contribution in [0.15, 0.2) is 24.3 Å². The van der Waals surface area contributed by atoms with E-state index >= 15 is 0 Å². The first-order valence-corrected chi connectivity index (χ1v) is 7.36. The van der Waals surface area contributed by atoms with Crippen LogP contribution in [0, 0.1) is 5.92 Å². The summed E-state index contributed by atoms with van der Waals surface area (Å²) < 4.78 is 5.78. The quantitative estimate of drug-likeness (QED) is 0.892.